The number of methoxy groups -OCH3 is 1. The summed E-state index contributed by atoms with van der Waals surface area (Å²) in [5, 5.41) is 9.54. The number of benzene rings is 1. The van der Waals surface area contributed by atoms with Crippen molar-refractivity contribution in [2.45, 2.75) is 51.4 Å². The number of aliphatic carboxylic acids is 1. The zero-order valence-electron chi connectivity index (χ0n) is 12.3. The van der Waals surface area contributed by atoms with Gasteiger partial charge in [0.15, 0.2) is 0 Å². The van der Waals surface area contributed by atoms with Crippen LogP contribution < -0.4 is 4.74 Å². The second-order valence-electron chi connectivity index (χ2n) is 6.48. The number of carbonyl (C=O) groups is 1. The van der Waals surface area contributed by atoms with Crippen LogP contribution in [0.2, 0.25) is 0 Å². The number of ether oxygens (including phenoxy) is 1. The highest BCUT2D eigenvalue weighted by Gasteiger charge is 2.54. The fourth-order valence-electron chi connectivity index (χ4n) is 2.77. The quantitative estimate of drug-likeness (QED) is 0.908. The smallest absolute Gasteiger partial charge is 0.314 e. The monoisotopic (exact) mass is 262 g/mol. The van der Waals surface area contributed by atoms with Gasteiger partial charge in [-0.3, -0.25) is 4.79 Å². The highest BCUT2D eigenvalue weighted by atomic mass is 16.5. The third-order valence-electron chi connectivity index (χ3n) is 4.02. The SMILES string of the molecule is COc1c(C(C)(C)C)ccc(C)c1C1(C(=O)O)CC1. The molecule has 0 amide bonds. The molecule has 1 aromatic carbocycles. The van der Waals surface area contributed by atoms with E-state index in [-0.39, 0.29) is 5.41 Å². The van der Waals surface area contributed by atoms with Crippen molar-refractivity contribution < 1.29 is 14.6 Å². The molecule has 0 radical (unpaired) electrons. The zero-order chi connectivity index (χ0) is 14.4. The molecule has 0 aliphatic heterocycles. The number of carboxylic acids is 1. The predicted octanol–water partition coefficient (Wildman–Crippen LogP) is 3.42. The van der Waals surface area contributed by atoms with E-state index in [0.717, 1.165) is 22.4 Å². The fourth-order valence-corrected chi connectivity index (χ4v) is 2.77. The first-order valence-electron chi connectivity index (χ1n) is 6.66. The van der Waals surface area contributed by atoms with Crippen molar-refractivity contribution in [3.63, 3.8) is 0 Å². The van der Waals surface area contributed by atoms with Gasteiger partial charge < -0.3 is 9.84 Å². The highest BCUT2D eigenvalue weighted by Crippen LogP contribution is 2.54. The lowest BCUT2D eigenvalue weighted by molar-refractivity contribution is -0.140. The van der Waals surface area contributed by atoms with Crippen LogP contribution >= 0.6 is 0 Å². The Kier molecular flexibility index (Phi) is 3.12. The van der Waals surface area contributed by atoms with Gasteiger partial charge >= 0.3 is 5.97 Å². The minimum absolute atomic E-state index is 0.0671. The first-order chi connectivity index (χ1) is 8.74. The van der Waals surface area contributed by atoms with Crippen LogP contribution in [0.5, 0.6) is 5.75 Å². The van der Waals surface area contributed by atoms with Gasteiger partial charge in [0, 0.05) is 5.56 Å². The van der Waals surface area contributed by atoms with Crippen LogP contribution in [0.1, 0.15) is 50.3 Å². The molecule has 0 unspecified atom stereocenters. The molecule has 1 fully saturated rings. The molecule has 0 bridgehead atoms. The highest BCUT2D eigenvalue weighted by molar-refractivity contribution is 5.87. The number of carboxylic acid groups (broad SMARTS) is 1. The second-order valence-corrected chi connectivity index (χ2v) is 6.48. The van der Waals surface area contributed by atoms with Gasteiger partial charge in [-0.1, -0.05) is 32.9 Å². The van der Waals surface area contributed by atoms with Crippen molar-refractivity contribution in [1.82, 2.24) is 0 Å². The van der Waals surface area contributed by atoms with E-state index in [1.54, 1.807) is 7.11 Å². The minimum Gasteiger partial charge on any atom is -0.496 e. The molecule has 19 heavy (non-hydrogen) atoms. The van der Waals surface area contributed by atoms with Gasteiger partial charge in [0.25, 0.3) is 0 Å². The molecule has 0 spiro atoms. The van der Waals surface area contributed by atoms with Gasteiger partial charge in [0.05, 0.1) is 12.5 Å². The summed E-state index contributed by atoms with van der Waals surface area (Å²) in [6.45, 7) is 8.31. The Morgan fingerprint density at radius 1 is 1.32 bits per heavy atom. The van der Waals surface area contributed by atoms with E-state index < -0.39 is 11.4 Å². The third-order valence-corrected chi connectivity index (χ3v) is 4.02. The summed E-state index contributed by atoms with van der Waals surface area (Å²) in [5.74, 6) is 0.0207. The van der Waals surface area contributed by atoms with Gasteiger partial charge in [-0.15, -0.1) is 0 Å². The normalized spacial score (nSPS) is 17.1. The summed E-state index contributed by atoms with van der Waals surface area (Å²) in [7, 11) is 1.63. The lowest BCUT2D eigenvalue weighted by Gasteiger charge is -2.27. The largest absolute Gasteiger partial charge is 0.496 e. The van der Waals surface area contributed by atoms with Crippen LogP contribution in [0.15, 0.2) is 12.1 Å². The molecular weight excluding hydrogens is 240 g/mol. The van der Waals surface area contributed by atoms with Crippen molar-refractivity contribution in [2.24, 2.45) is 0 Å². The van der Waals surface area contributed by atoms with E-state index in [4.69, 9.17) is 4.74 Å². The van der Waals surface area contributed by atoms with Crippen molar-refractivity contribution in [2.75, 3.05) is 7.11 Å². The molecule has 0 saturated heterocycles. The topological polar surface area (TPSA) is 46.5 Å². The molecular formula is C16H22O3. The van der Waals surface area contributed by atoms with E-state index in [1.165, 1.54) is 0 Å². The molecule has 0 aromatic heterocycles. The molecule has 0 heterocycles. The molecule has 1 aliphatic carbocycles. The summed E-state index contributed by atoms with van der Waals surface area (Å²) in [4.78, 5) is 11.6. The summed E-state index contributed by atoms with van der Waals surface area (Å²) in [6.07, 6.45) is 1.40. The molecule has 2 rings (SSSR count). The maximum Gasteiger partial charge on any atom is 0.314 e. The van der Waals surface area contributed by atoms with Crippen LogP contribution in [-0.4, -0.2) is 18.2 Å². The Labute approximate surface area is 114 Å². The fraction of sp³-hybridized carbons (Fsp3) is 0.562. The van der Waals surface area contributed by atoms with Gasteiger partial charge in [0.1, 0.15) is 5.75 Å². The molecule has 3 heteroatoms. The molecule has 1 saturated carbocycles. The standard InChI is InChI=1S/C16H22O3/c1-10-6-7-11(15(2,3)4)13(19-5)12(10)16(8-9-16)14(17)18/h6-7H,8-9H2,1-5H3,(H,17,18). The van der Waals surface area contributed by atoms with E-state index in [2.05, 4.69) is 26.8 Å². The number of hydrogen-bond acceptors (Lipinski definition) is 2. The van der Waals surface area contributed by atoms with E-state index >= 15 is 0 Å². The molecule has 1 aliphatic rings. The van der Waals surface area contributed by atoms with Crippen molar-refractivity contribution in [1.29, 1.82) is 0 Å². The third kappa shape index (κ3) is 2.11. The van der Waals surface area contributed by atoms with Crippen LogP contribution in [0, 0.1) is 6.92 Å². The summed E-state index contributed by atoms with van der Waals surface area (Å²) in [5.41, 5.74) is 2.15. The molecule has 1 aromatic rings. The van der Waals surface area contributed by atoms with Gasteiger partial charge in [-0.25, -0.2) is 0 Å². The Morgan fingerprint density at radius 2 is 1.89 bits per heavy atom. The molecule has 0 atom stereocenters. The number of hydrogen-bond donors (Lipinski definition) is 1. The molecule has 1 N–H and O–H groups in total. The van der Waals surface area contributed by atoms with Gasteiger partial charge in [-0.05, 0) is 36.3 Å². The van der Waals surface area contributed by atoms with Crippen LogP contribution in [0.4, 0.5) is 0 Å². The Bertz CT molecular complexity index is 520. The Balaban J connectivity index is 2.70. The van der Waals surface area contributed by atoms with E-state index in [1.807, 2.05) is 13.0 Å². The van der Waals surface area contributed by atoms with Gasteiger partial charge in [-0.2, -0.15) is 0 Å². The van der Waals surface area contributed by atoms with E-state index in [9.17, 15) is 9.90 Å². The Hall–Kier alpha value is -1.51. The maximum absolute atomic E-state index is 11.6. The van der Waals surface area contributed by atoms with E-state index in [0.29, 0.717) is 12.8 Å². The summed E-state index contributed by atoms with van der Waals surface area (Å²) >= 11 is 0. The summed E-state index contributed by atoms with van der Waals surface area (Å²) in [6, 6.07) is 4.07. The molecule has 3 nitrogen and oxygen atoms in total. The van der Waals surface area contributed by atoms with Crippen molar-refractivity contribution in [3.8, 4) is 5.75 Å². The zero-order valence-corrected chi connectivity index (χ0v) is 12.3. The number of rotatable bonds is 3. The Morgan fingerprint density at radius 3 is 2.26 bits per heavy atom. The summed E-state index contributed by atoms with van der Waals surface area (Å²) < 4.78 is 5.60. The van der Waals surface area contributed by atoms with Crippen LogP contribution in [0.3, 0.4) is 0 Å². The maximum atomic E-state index is 11.6. The first-order valence-corrected chi connectivity index (χ1v) is 6.66. The minimum atomic E-state index is -0.736. The van der Waals surface area contributed by atoms with Crippen molar-refractivity contribution >= 4 is 5.97 Å². The van der Waals surface area contributed by atoms with Crippen molar-refractivity contribution in [3.05, 3.63) is 28.8 Å². The first kappa shape index (κ1) is 13.9. The lowest BCUT2D eigenvalue weighted by atomic mass is 9.80. The van der Waals surface area contributed by atoms with Gasteiger partial charge in [0.2, 0.25) is 0 Å². The van der Waals surface area contributed by atoms with Crippen LogP contribution in [0.25, 0.3) is 0 Å². The lowest BCUT2D eigenvalue weighted by Crippen LogP contribution is -2.24. The van der Waals surface area contributed by atoms with Crippen LogP contribution in [-0.2, 0) is 15.6 Å². The average Bonchev–Trinajstić information content (AvgIpc) is 3.07. The average molecular weight is 262 g/mol. The molecule has 104 valence electrons. The number of aryl methyl sites for hydroxylation is 1. The second kappa shape index (κ2) is 4.26. The predicted molar refractivity (Wildman–Crippen MR) is 75.0 cm³/mol.